The van der Waals surface area contributed by atoms with Crippen LogP contribution in [0.15, 0.2) is 4.99 Å². The molecule has 4 unspecified atom stereocenters. The van der Waals surface area contributed by atoms with Crippen LogP contribution < -0.4 is 5.32 Å². The van der Waals surface area contributed by atoms with Gasteiger partial charge in [-0.25, -0.2) is 0 Å². The lowest BCUT2D eigenvalue weighted by molar-refractivity contribution is 0.331. The van der Waals surface area contributed by atoms with E-state index in [4.69, 9.17) is 0 Å². The largest absolute Gasteiger partial charge is 0.316 e. The maximum Gasteiger partial charge on any atom is 0.0273 e. The van der Waals surface area contributed by atoms with Crippen molar-refractivity contribution in [2.24, 2.45) is 34.6 Å². The molecule has 0 aromatic carbocycles. The van der Waals surface area contributed by atoms with Gasteiger partial charge in [-0.3, -0.25) is 0 Å². The summed E-state index contributed by atoms with van der Waals surface area (Å²) in [5, 5.41) is 3.71. The molecule has 98 valence electrons. The van der Waals surface area contributed by atoms with E-state index in [1.54, 1.807) is 0 Å². The van der Waals surface area contributed by atoms with E-state index < -0.39 is 0 Å². The van der Waals surface area contributed by atoms with Crippen molar-refractivity contribution in [3.63, 3.8) is 0 Å². The van der Waals surface area contributed by atoms with Gasteiger partial charge in [0, 0.05) is 7.05 Å². The highest BCUT2D eigenvalue weighted by molar-refractivity contribution is 5.57. The molecule has 2 heteroatoms. The van der Waals surface area contributed by atoms with Crippen molar-refractivity contribution < 1.29 is 0 Å². The van der Waals surface area contributed by atoms with Crippen LogP contribution in [-0.4, -0.2) is 26.4 Å². The monoisotopic (exact) mass is 236 g/mol. The van der Waals surface area contributed by atoms with Gasteiger partial charge in [0.2, 0.25) is 0 Å². The third kappa shape index (κ3) is 3.31. The van der Waals surface area contributed by atoms with Crippen molar-refractivity contribution in [2.75, 3.05) is 20.1 Å². The fraction of sp³-hybridized carbons (Fsp3) is 0.933. The van der Waals surface area contributed by atoms with Gasteiger partial charge in [-0.15, -0.1) is 0 Å². The molecule has 2 saturated carbocycles. The van der Waals surface area contributed by atoms with Crippen LogP contribution in [0.25, 0.3) is 0 Å². The minimum Gasteiger partial charge on any atom is -0.316 e. The Morgan fingerprint density at radius 1 is 1.41 bits per heavy atom. The summed E-state index contributed by atoms with van der Waals surface area (Å²) in [4.78, 5) is 4.09. The zero-order valence-electron chi connectivity index (χ0n) is 11.7. The Kier molecular flexibility index (Phi) is 4.61. The third-order valence-electron chi connectivity index (χ3n) is 4.94. The molecule has 2 aliphatic carbocycles. The number of nitrogens with zero attached hydrogens (tertiary/aromatic N) is 1. The molecule has 0 aromatic heterocycles. The highest BCUT2D eigenvalue weighted by Crippen LogP contribution is 2.57. The summed E-state index contributed by atoms with van der Waals surface area (Å²) < 4.78 is 0. The molecule has 17 heavy (non-hydrogen) atoms. The van der Waals surface area contributed by atoms with E-state index in [1.165, 1.54) is 32.4 Å². The number of fused-ring (bicyclic) bond motifs is 1. The molecule has 2 nitrogen and oxygen atoms in total. The number of nitrogens with one attached hydrogen (secondary N) is 1. The van der Waals surface area contributed by atoms with Crippen molar-refractivity contribution >= 4 is 6.21 Å². The Labute approximate surface area is 106 Å². The predicted octanol–water partition coefficient (Wildman–Crippen LogP) is 2.99. The first-order chi connectivity index (χ1) is 8.26. The molecule has 0 bridgehead atoms. The minimum atomic E-state index is 0.769. The van der Waals surface area contributed by atoms with Crippen molar-refractivity contribution in [2.45, 2.75) is 39.5 Å². The maximum absolute atomic E-state index is 4.09. The Morgan fingerprint density at radius 3 is 2.82 bits per heavy atom. The van der Waals surface area contributed by atoms with Gasteiger partial charge in [-0.2, -0.15) is 0 Å². The molecular weight excluding hydrogens is 208 g/mol. The Hall–Kier alpha value is -0.370. The van der Waals surface area contributed by atoms with E-state index in [2.05, 4.69) is 30.4 Å². The van der Waals surface area contributed by atoms with Crippen LogP contribution >= 0.6 is 0 Å². The molecule has 2 rings (SSSR count). The predicted molar refractivity (Wildman–Crippen MR) is 74.6 cm³/mol. The lowest BCUT2D eigenvalue weighted by Gasteiger charge is -2.21. The minimum absolute atomic E-state index is 0.769. The van der Waals surface area contributed by atoms with Crippen LogP contribution in [0.5, 0.6) is 0 Å². The first-order valence-corrected chi connectivity index (χ1v) is 7.37. The van der Waals surface area contributed by atoms with E-state index in [1.807, 2.05) is 7.05 Å². The second kappa shape index (κ2) is 5.99. The van der Waals surface area contributed by atoms with Gasteiger partial charge in [0.15, 0.2) is 0 Å². The number of hydrogen-bond acceptors (Lipinski definition) is 2. The van der Waals surface area contributed by atoms with E-state index in [0.717, 1.165) is 36.0 Å². The van der Waals surface area contributed by atoms with Gasteiger partial charge in [-0.1, -0.05) is 20.3 Å². The van der Waals surface area contributed by atoms with Gasteiger partial charge in [0.1, 0.15) is 0 Å². The summed E-state index contributed by atoms with van der Waals surface area (Å²) in [6.07, 6.45) is 7.47. The van der Waals surface area contributed by atoms with Crippen molar-refractivity contribution in [1.29, 1.82) is 0 Å². The molecule has 0 amide bonds. The first kappa shape index (κ1) is 13.1. The molecule has 0 aromatic rings. The van der Waals surface area contributed by atoms with Gasteiger partial charge in [-0.05, 0) is 68.2 Å². The lowest BCUT2D eigenvalue weighted by atomic mass is 9.92. The van der Waals surface area contributed by atoms with Gasteiger partial charge in [0.05, 0.1) is 0 Å². The fourth-order valence-electron chi connectivity index (χ4n) is 3.60. The maximum atomic E-state index is 4.09. The van der Waals surface area contributed by atoms with Gasteiger partial charge < -0.3 is 10.3 Å². The summed E-state index contributed by atoms with van der Waals surface area (Å²) in [5.74, 6) is 4.88. The van der Waals surface area contributed by atoms with E-state index >= 15 is 0 Å². The topological polar surface area (TPSA) is 24.4 Å². The molecular formula is C15H28N2. The van der Waals surface area contributed by atoms with E-state index in [0.29, 0.717) is 0 Å². The molecule has 0 saturated heterocycles. The average Bonchev–Trinajstić information content (AvgIpc) is 3.00. The SMILES string of the molecule is CCC(C/C=N/C)CNC[C@@H]1C(C)CC2CC21. The summed E-state index contributed by atoms with van der Waals surface area (Å²) in [6.45, 7) is 7.15. The number of hydrogen-bond donors (Lipinski definition) is 1. The molecule has 2 fully saturated rings. The molecule has 1 N–H and O–H groups in total. The average molecular weight is 236 g/mol. The first-order valence-electron chi connectivity index (χ1n) is 7.37. The van der Waals surface area contributed by atoms with Crippen LogP contribution in [0, 0.1) is 29.6 Å². The van der Waals surface area contributed by atoms with Crippen LogP contribution in [0.4, 0.5) is 0 Å². The second-order valence-electron chi connectivity index (χ2n) is 6.15. The van der Waals surface area contributed by atoms with Crippen molar-refractivity contribution in [1.82, 2.24) is 5.32 Å². The zero-order valence-corrected chi connectivity index (χ0v) is 11.7. The molecule has 0 heterocycles. The standard InChI is InChI=1S/C15H28N2/c1-4-12(5-6-16-3)9-17-10-15-11(2)7-13-8-14(13)15/h6,11-15,17H,4-5,7-10H2,1-3H3/b16-6+/t11?,12?,13?,14?,15-/m1/s1. The Morgan fingerprint density at radius 2 is 2.24 bits per heavy atom. The zero-order chi connectivity index (χ0) is 12.3. The van der Waals surface area contributed by atoms with Crippen LogP contribution in [0.1, 0.15) is 39.5 Å². The van der Waals surface area contributed by atoms with E-state index in [-0.39, 0.29) is 0 Å². The smallest absolute Gasteiger partial charge is 0.0273 e. The highest BCUT2D eigenvalue weighted by Gasteiger charge is 2.51. The molecule has 0 spiro atoms. The second-order valence-corrected chi connectivity index (χ2v) is 6.15. The van der Waals surface area contributed by atoms with Crippen LogP contribution in [0.2, 0.25) is 0 Å². The van der Waals surface area contributed by atoms with Gasteiger partial charge in [0.25, 0.3) is 0 Å². The summed E-state index contributed by atoms with van der Waals surface area (Å²) in [5.41, 5.74) is 0. The number of rotatable bonds is 7. The summed E-state index contributed by atoms with van der Waals surface area (Å²) in [6, 6.07) is 0. The number of aliphatic imine (C=N–C) groups is 1. The lowest BCUT2D eigenvalue weighted by Crippen LogP contribution is -2.30. The van der Waals surface area contributed by atoms with E-state index in [9.17, 15) is 0 Å². The fourth-order valence-corrected chi connectivity index (χ4v) is 3.60. The molecule has 0 aliphatic heterocycles. The Bertz CT molecular complexity index is 260. The summed E-state index contributed by atoms with van der Waals surface area (Å²) >= 11 is 0. The highest BCUT2D eigenvalue weighted by atomic mass is 14.9. The van der Waals surface area contributed by atoms with Crippen molar-refractivity contribution in [3.05, 3.63) is 0 Å². The molecule has 2 aliphatic rings. The molecule has 0 radical (unpaired) electrons. The normalized spacial score (nSPS) is 37.4. The van der Waals surface area contributed by atoms with Crippen molar-refractivity contribution in [3.8, 4) is 0 Å². The van der Waals surface area contributed by atoms with Crippen LogP contribution in [0.3, 0.4) is 0 Å². The quantitative estimate of drug-likeness (QED) is 0.675. The summed E-state index contributed by atoms with van der Waals surface area (Å²) in [7, 11) is 1.87. The molecule has 5 atom stereocenters. The van der Waals surface area contributed by atoms with Gasteiger partial charge >= 0.3 is 0 Å². The van der Waals surface area contributed by atoms with Crippen LogP contribution in [-0.2, 0) is 0 Å². The third-order valence-corrected chi connectivity index (χ3v) is 4.94. The Balaban J connectivity index is 1.64.